The molecule has 0 N–H and O–H groups in total. The van der Waals surface area contributed by atoms with Crippen molar-refractivity contribution >= 4 is 53.3 Å². The van der Waals surface area contributed by atoms with Gasteiger partial charge in [0.25, 0.3) is 0 Å². The minimum Gasteiger partial charge on any atom is -0.496 e. The number of nitrogens with zero attached hydrogens (tertiary/aromatic N) is 2. The first-order valence-electron chi connectivity index (χ1n) is 16.8. The van der Waals surface area contributed by atoms with Gasteiger partial charge in [0.1, 0.15) is 5.75 Å². The zero-order valence-electron chi connectivity index (χ0n) is 27.6. The van der Waals surface area contributed by atoms with E-state index < -0.39 is 0 Å². The van der Waals surface area contributed by atoms with Crippen LogP contribution in [0.5, 0.6) is 5.75 Å². The Morgan fingerprint density at radius 1 is 0.620 bits per heavy atom. The molecule has 2 heterocycles. The molecule has 6 heteroatoms. The van der Waals surface area contributed by atoms with Gasteiger partial charge in [0, 0.05) is 50.0 Å². The Labute approximate surface area is 291 Å². The molecular weight excluding hydrogens is 641 g/mol. The lowest BCUT2D eigenvalue weighted by molar-refractivity contribution is 0.416. The number of ether oxygens (including phenoxy) is 1. The summed E-state index contributed by atoms with van der Waals surface area (Å²) in [6.07, 6.45) is 5.26. The second-order valence-electron chi connectivity index (χ2n) is 13.0. The maximum Gasteiger partial charge on any atom is 0.155 e. The van der Waals surface area contributed by atoms with Crippen molar-refractivity contribution in [3.63, 3.8) is 0 Å². The number of fused-ring (bicyclic) bond motifs is 6. The summed E-state index contributed by atoms with van der Waals surface area (Å²) in [7, 11) is 4.31. The molecule has 0 fully saturated rings. The van der Waals surface area contributed by atoms with Crippen LogP contribution in [0.2, 0.25) is 0 Å². The van der Waals surface area contributed by atoms with Crippen molar-refractivity contribution in [1.29, 1.82) is 0 Å². The maximum absolute atomic E-state index is 17.0. The van der Waals surface area contributed by atoms with Gasteiger partial charge in [-0.05, 0) is 59.8 Å². The van der Waals surface area contributed by atoms with Gasteiger partial charge >= 0.3 is 0 Å². The summed E-state index contributed by atoms with van der Waals surface area (Å²) in [5.41, 5.74) is 8.13. The number of halogens is 2. The van der Waals surface area contributed by atoms with Gasteiger partial charge in [-0.3, -0.25) is 0 Å². The standard InChI is InChI=1S/C44H33F2N2OP/c1-26-12-9-18-32-29-15-5-8-21-37(29)48(44(26)32)39-23-11-17-31(43(39)46)34-24-40(49-2)33(25-41(34)50)30-16-10-22-38(42(30)45)47-35-19-6-3-13-27(35)28-14-4-7-20-36(28)47/h3-11,13-26H,12,50H2,1-2H3. The molecule has 1 aliphatic rings. The van der Waals surface area contributed by atoms with Crippen molar-refractivity contribution in [2.45, 2.75) is 19.3 Å². The van der Waals surface area contributed by atoms with Crippen molar-refractivity contribution in [3.05, 3.63) is 150 Å². The van der Waals surface area contributed by atoms with Crippen LogP contribution in [-0.4, -0.2) is 16.2 Å². The molecule has 0 spiro atoms. The van der Waals surface area contributed by atoms with Gasteiger partial charge in [0.05, 0.1) is 35.0 Å². The highest BCUT2D eigenvalue weighted by Crippen LogP contribution is 2.43. The Kier molecular flexibility index (Phi) is 7.22. The molecule has 2 unspecified atom stereocenters. The first-order chi connectivity index (χ1) is 24.5. The fourth-order valence-electron chi connectivity index (χ4n) is 7.90. The van der Waals surface area contributed by atoms with E-state index >= 15 is 8.78 Å². The zero-order valence-corrected chi connectivity index (χ0v) is 28.8. The molecule has 2 aromatic heterocycles. The minimum absolute atomic E-state index is 0.232. The third-order valence-electron chi connectivity index (χ3n) is 10.2. The van der Waals surface area contributed by atoms with E-state index in [1.807, 2.05) is 83.4 Å². The summed E-state index contributed by atoms with van der Waals surface area (Å²) < 4.78 is 43.8. The summed E-state index contributed by atoms with van der Waals surface area (Å²) in [4.78, 5) is 0. The van der Waals surface area contributed by atoms with E-state index in [-0.39, 0.29) is 17.6 Å². The minimum atomic E-state index is -0.366. The van der Waals surface area contributed by atoms with Crippen LogP contribution in [0.1, 0.15) is 30.5 Å². The van der Waals surface area contributed by atoms with Crippen LogP contribution in [0.25, 0.3) is 72.4 Å². The van der Waals surface area contributed by atoms with E-state index in [1.54, 1.807) is 25.3 Å². The van der Waals surface area contributed by atoms with E-state index in [2.05, 4.69) is 57.1 Å². The number of para-hydroxylation sites is 3. The second-order valence-corrected chi connectivity index (χ2v) is 13.6. The Morgan fingerprint density at radius 2 is 1.16 bits per heavy atom. The molecule has 9 rings (SSSR count). The average molecular weight is 675 g/mol. The summed E-state index contributed by atoms with van der Waals surface area (Å²) in [5, 5.41) is 3.96. The smallest absolute Gasteiger partial charge is 0.155 e. The van der Waals surface area contributed by atoms with Crippen LogP contribution in [-0.2, 0) is 0 Å². The summed E-state index contributed by atoms with van der Waals surface area (Å²) >= 11 is 0. The lowest BCUT2D eigenvalue weighted by Gasteiger charge is -2.21. The first kappa shape index (κ1) is 30.5. The lowest BCUT2D eigenvalue weighted by atomic mass is 9.93. The van der Waals surface area contributed by atoms with Gasteiger partial charge in [-0.15, -0.1) is 9.24 Å². The molecular formula is C44H33F2N2OP. The van der Waals surface area contributed by atoms with E-state index in [9.17, 15) is 0 Å². The van der Waals surface area contributed by atoms with Crippen LogP contribution >= 0.6 is 9.24 Å². The average Bonchev–Trinajstić information content (AvgIpc) is 3.66. The van der Waals surface area contributed by atoms with Crippen molar-refractivity contribution in [2.24, 2.45) is 0 Å². The molecule has 244 valence electrons. The highest BCUT2D eigenvalue weighted by Gasteiger charge is 2.26. The Bertz CT molecular complexity index is 2630. The Morgan fingerprint density at radius 3 is 1.78 bits per heavy atom. The van der Waals surface area contributed by atoms with Crippen molar-refractivity contribution in [2.75, 3.05) is 7.11 Å². The highest BCUT2D eigenvalue weighted by atomic mass is 31.0. The molecule has 8 aromatic rings. The summed E-state index contributed by atoms with van der Waals surface area (Å²) in [6, 6.07) is 39.0. The second kappa shape index (κ2) is 11.8. The number of hydrogen-bond acceptors (Lipinski definition) is 1. The van der Waals surface area contributed by atoms with E-state index in [0.717, 1.165) is 55.7 Å². The monoisotopic (exact) mass is 674 g/mol. The maximum atomic E-state index is 17.0. The molecule has 0 bridgehead atoms. The van der Waals surface area contributed by atoms with Crippen molar-refractivity contribution in [1.82, 2.24) is 9.13 Å². The number of hydrogen-bond donors (Lipinski definition) is 0. The number of methoxy groups -OCH3 is 1. The van der Waals surface area contributed by atoms with Gasteiger partial charge in [-0.25, -0.2) is 8.78 Å². The van der Waals surface area contributed by atoms with Gasteiger partial charge in [-0.1, -0.05) is 97.9 Å². The molecule has 0 aliphatic heterocycles. The van der Waals surface area contributed by atoms with E-state index in [4.69, 9.17) is 4.74 Å². The fourth-order valence-corrected chi connectivity index (χ4v) is 8.30. The van der Waals surface area contributed by atoms with Crippen LogP contribution in [0, 0.1) is 11.6 Å². The number of allylic oxidation sites excluding steroid dienone is 1. The summed E-state index contributed by atoms with van der Waals surface area (Å²) in [6.45, 7) is 2.19. The van der Waals surface area contributed by atoms with Gasteiger partial charge in [0.15, 0.2) is 11.6 Å². The molecule has 6 aromatic carbocycles. The van der Waals surface area contributed by atoms with Gasteiger partial charge in [0.2, 0.25) is 0 Å². The van der Waals surface area contributed by atoms with Crippen molar-refractivity contribution < 1.29 is 13.5 Å². The Balaban J connectivity index is 1.20. The van der Waals surface area contributed by atoms with Crippen LogP contribution in [0.15, 0.2) is 127 Å². The molecule has 1 aliphatic carbocycles. The number of aromatic nitrogens is 2. The number of rotatable bonds is 5. The first-order valence-corrected chi connectivity index (χ1v) is 17.4. The predicted molar refractivity (Wildman–Crippen MR) is 206 cm³/mol. The zero-order chi connectivity index (χ0) is 34.1. The summed E-state index contributed by atoms with van der Waals surface area (Å²) in [5.74, 6) is -0.00181. The molecule has 3 nitrogen and oxygen atoms in total. The molecule has 2 atom stereocenters. The SMILES string of the molecule is COc1cc(-c2cccc(-n3c4c(c5ccccc53)C=CCC4C)c2F)c(P)cc1-c1cccc(-n2c3ccccc3c3ccccc32)c1F. The largest absolute Gasteiger partial charge is 0.496 e. The molecule has 50 heavy (non-hydrogen) atoms. The molecule has 0 radical (unpaired) electrons. The third kappa shape index (κ3) is 4.50. The topological polar surface area (TPSA) is 19.1 Å². The Hall–Kier alpha value is -5.51. The van der Waals surface area contributed by atoms with Crippen LogP contribution < -0.4 is 10.0 Å². The van der Waals surface area contributed by atoms with Crippen LogP contribution in [0.4, 0.5) is 8.78 Å². The predicted octanol–water partition coefficient (Wildman–Crippen LogP) is 11.4. The quantitative estimate of drug-likeness (QED) is 0.166. The van der Waals surface area contributed by atoms with Crippen molar-refractivity contribution in [3.8, 4) is 39.4 Å². The van der Waals surface area contributed by atoms with Gasteiger partial charge in [-0.2, -0.15) is 0 Å². The molecule has 0 amide bonds. The van der Waals surface area contributed by atoms with Crippen LogP contribution in [0.3, 0.4) is 0 Å². The lowest BCUT2D eigenvalue weighted by Crippen LogP contribution is -2.10. The third-order valence-corrected chi connectivity index (χ3v) is 10.6. The van der Waals surface area contributed by atoms with E-state index in [0.29, 0.717) is 39.4 Å². The van der Waals surface area contributed by atoms with Gasteiger partial charge < -0.3 is 13.9 Å². The fraction of sp³-hybridized carbons (Fsp3) is 0.0909. The molecule has 0 saturated carbocycles. The highest BCUT2D eigenvalue weighted by molar-refractivity contribution is 7.28. The van der Waals surface area contributed by atoms with E-state index in [1.165, 1.54) is 0 Å². The molecule has 0 saturated heterocycles. The normalized spacial score (nSPS) is 14.1. The number of benzene rings is 6.